The summed E-state index contributed by atoms with van der Waals surface area (Å²) in [5.74, 6) is 1.02. The molecule has 1 aromatic carbocycles. The highest BCUT2D eigenvalue weighted by Gasteiger charge is 2.22. The maximum absolute atomic E-state index is 5.53. The molecule has 1 N–H and O–H groups in total. The first kappa shape index (κ1) is 16.3. The number of piperidine rings is 1. The summed E-state index contributed by atoms with van der Waals surface area (Å²) < 4.78 is 5.53. The molecule has 1 fully saturated rings. The van der Waals surface area contributed by atoms with E-state index in [9.17, 15) is 0 Å². The minimum atomic E-state index is 0.663. The lowest BCUT2D eigenvalue weighted by molar-refractivity contribution is 0.136. The second-order valence-corrected chi connectivity index (χ2v) is 6.14. The van der Waals surface area contributed by atoms with Crippen molar-refractivity contribution < 1.29 is 4.74 Å². The van der Waals surface area contributed by atoms with E-state index < -0.39 is 0 Å². The lowest BCUT2D eigenvalue weighted by Gasteiger charge is -2.36. The fourth-order valence-corrected chi connectivity index (χ4v) is 3.19. The number of methoxy groups -OCH3 is 1. The second kappa shape index (κ2) is 8.40. The van der Waals surface area contributed by atoms with Crippen LogP contribution in [0.1, 0.15) is 43.7 Å². The Hall–Kier alpha value is -1.06. The first-order chi connectivity index (χ1) is 10.2. The van der Waals surface area contributed by atoms with Gasteiger partial charge in [0.2, 0.25) is 0 Å². The third-order valence-electron chi connectivity index (χ3n) is 4.37. The van der Waals surface area contributed by atoms with E-state index in [1.54, 1.807) is 7.11 Å². The van der Waals surface area contributed by atoms with E-state index in [0.29, 0.717) is 6.04 Å². The minimum absolute atomic E-state index is 0.663. The number of hydrogen-bond donors (Lipinski definition) is 1. The van der Waals surface area contributed by atoms with Gasteiger partial charge in [-0.3, -0.25) is 4.90 Å². The number of rotatable bonds is 7. The fourth-order valence-electron chi connectivity index (χ4n) is 3.19. The van der Waals surface area contributed by atoms with E-state index in [1.165, 1.54) is 43.4 Å². The van der Waals surface area contributed by atoms with Crippen LogP contribution in [-0.2, 0) is 6.54 Å². The molecule has 1 unspecified atom stereocenters. The zero-order valence-corrected chi connectivity index (χ0v) is 13.8. The van der Waals surface area contributed by atoms with Gasteiger partial charge >= 0.3 is 0 Å². The van der Waals surface area contributed by atoms with E-state index in [-0.39, 0.29) is 0 Å². The summed E-state index contributed by atoms with van der Waals surface area (Å²) in [5.41, 5.74) is 2.63. The highest BCUT2D eigenvalue weighted by atomic mass is 16.5. The van der Waals surface area contributed by atoms with Crippen LogP contribution in [0, 0.1) is 6.92 Å². The molecule has 0 aliphatic carbocycles. The zero-order chi connectivity index (χ0) is 15.1. The number of nitrogens with one attached hydrogen (secondary N) is 1. The van der Waals surface area contributed by atoms with Crippen molar-refractivity contribution in [3.05, 3.63) is 29.3 Å². The third-order valence-corrected chi connectivity index (χ3v) is 4.37. The van der Waals surface area contributed by atoms with Gasteiger partial charge in [0.25, 0.3) is 0 Å². The molecule has 1 atom stereocenters. The largest absolute Gasteiger partial charge is 0.496 e. The van der Waals surface area contributed by atoms with Gasteiger partial charge in [-0.15, -0.1) is 0 Å². The van der Waals surface area contributed by atoms with E-state index in [0.717, 1.165) is 25.4 Å². The second-order valence-electron chi connectivity index (χ2n) is 6.14. The lowest BCUT2D eigenvalue weighted by Crippen LogP contribution is -2.45. The average Bonchev–Trinajstić information content (AvgIpc) is 2.49. The Kier molecular flexibility index (Phi) is 6.52. The molecule has 1 saturated heterocycles. The van der Waals surface area contributed by atoms with Crippen molar-refractivity contribution in [1.82, 2.24) is 10.2 Å². The highest BCUT2D eigenvalue weighted by molar-refractivity contribution is 5.36. The number of ether oxygens (including phenoxy) is 1. The summed E-state index contributed by atoms with van der Waals surface area (Å²) >= 11 is 0. The molecule has 118 valence electrons. The molecule has 0 radical (unpaired) electrons. The summed E-state index contributed by atoms with van der Waals surface area (Å²) in [6.45, 7) is 8.82. The van der Waals surface area contributed by atoms with Gasteiger partial charge in [-0.25, -0.2) is 0 Å². The average molecular weight is 290 g/mol. The third kappa shape index (κ3) is 4.72. The molecule has 0 aromatic heterocycles. The van der Waals surface area contributed by atoms with Crippen LogP contribution < -0.4 is 10.1 Å². The van der Waals surface area contributed by atoms with Crippen LogP contribution in [0.2, 0.25) is 0 Å². The van der Waals surface area contributed by atoms with Crippen molar-refractivity contribution >= 4 is 0 Å². The molecule has 1 aliphatic heterocycles. The van der Waals surface area contributed by atoms with Gasteiger partial charge in [-0.1, -0.05) is 31.0 Å². The smallest absolute Gasteiger partial charge is 0.123 e. The summed E-state index contributed by atoms with van der Waals surface area (Å²) in [6.07, 6.45) is 5.20. The molecule has 2 rings (SSSR count). The van der Waals surface area contributed by atoms with Crippen LogP contribution in [0.3, 0.4) is 0 Å². The van der Waals surface area contributed by atoms with Crippen LogP contribution in [-0.4, -0.2) is 37.7 Å². The predicted molar refractivity (Wildman–Crippen MR) is 88.9 cm³/mol. The monoisotopic (exact) mass is 290 g/mol. The molecule has 0 spiro atoms. The molecular weight excluding hydrogens is 260 g/mol. The summed E-state index contributed by atoms with van der Waals surface area (Å²) in [4.78, 5) is 2.63. The van der Waals surface area contributed by atoms with Crippen molar-refractivity contribution in [2.75, 3.05) is 26.7 Å². The maximum atomic E-state index is 5.53. The van der Waals surface area contributed by atoms with E-state index in [4.69, 9.17) is 4.74 Å². The topological polar surface area (TPSA) is 24.5 Å². The first-order valence-electron chi connectivity index (χ1n) is 8.33. The Labute approximate surface area is 129 Å². The van der Waals surface area contributed by atoms with Crippen LogP contribution >= 0.6 is 0 Å². The Bertz CT molecular complexity index is 433. The van der Waals surface area contributed by atoms with Crippen molar-refractivity contribution in [3.8, 4) is 5.75 Å². The van der Waals surface area contributed by atoms with Crippen molar-refractivity contribution in [2.24, 2.45) is 0 Å². The van der Waals surface area contributed by atoms with E-state index in [1.807, 2.05) is 0 Å². The molecule has 1 aliphatic rings. The van der Waals surface area contributed by atoms with Gasteiger partial charge in [0.05, 0.1) is 7.11 Å². The van der Waals surface area contributed by atoms with E-state index >= 15 is 0 Å². The molecule has 0 bridgehead atoms. The lowest BCUT2D eigenvalue weighted by atomic mass is 10.0. The number of likely N-dealkylation sites (tertiary alicyclic amines) is 1. The maximum Gasteiger partial charge on any atom is 0.123 e. The Morgan fingerprint density at radius 3 is 2.95 bits per heavy atom. The van der Waals surface area contributed by atoms with Crippen LogP contribution in [0.25, 0.3) is 0 Å². The molecule has 21 heavy (non-hydrogen) atoms. The Morgan fingerprint density at radius 2 is 2.19 bits per heavy atom. The summed E-state index contributed by atoms with van der Waals surface area (Å²) in [6, 6.07) is 7.15. The minimum Gasteiger partial charge on any atom is -0.496 e. The molecule has 0 saturated carbocycles. The molecule has 3 heteroatoms. The molecular formula is C18H30N2O. The molecule has 0 amide bonds. The van der Waals surface area contributed by atoms with Crippen LogP contribution in [0.5, 0.6) is 5.75 Å². The van der Waals surface area contributed by atoms with Gasteiger partial charge in [-0.2, -0.15) is 0 Å². The van der Waals surface area contributed by atoms with Gasteiger partial charge in [-0.05, 0) is 45.3 Å². The Morgan fingerprint density at radius 1 is 1.33 bits per heavy atom. The first-order valence-corrected chi connectivity index (χ1v) is 8.33. The normalized spacial score (nSPS) is 19.7. The van der Waals surface area contributed by atoms with Crippen molar-refractivity contribution in [2.45, 2.75) is 52.1 Å². The molecule has 1 heterocycles. The highest BCUT2D eigenvalue weighted by Crippen LogP contribution is 2.25. The van der Waals surface area contributed by atoms with Crippen molar-refractivity contribution in [1.29, 1.82) is 0 Å². The van der Waals surface area contributed by atoms with Gasteiger partial charge in [0, 0.05) is 24.7 Å². The summed E-state index contributed by atoms with van der Waals surface area (Å²) in [5, 5.41) is 3.59. The quantitative estimate of drug-likeness (QED) is 0.779. The fraction of sp³-hybridized carbons (Fsp3) is 0.667. The zero-order valence-electron chi connectivity index (χ0n) is 13.8. The number of hydrogen-bond acceptors (Lipinski definition) is 3. The predicted octanol–water partition coefficient (Wildman–Crippen LogP) is 3.36. The standard InChI is InChI=1S/C18H30N2O/c1-4-10-19-13-17-7-5-6-11-20(17)14-16-12-15(2)8-9-18(16)21-3/h8-9,12,17,19H,4-7,10-11,13-14H2,1-3H3. The van der Waals surface area contributed by atoms with Crippen molar-refractivity contribution in [3.63, 3.8) is 0 Å². The van der Waals surface area contributed by atoms with E-state index in [2.05, 4.69) is 42.3 Å². The number of benzene rings is 1. The summed E-state index contributed by atoms with van der Waals surface area (Å²) in [7, 11) is 1.77. The Balaban J connectivity index is 2.02. The van der Waals surface area contributed by atoms with Gasteiger partial charge < -0.3 is 10.1 Å². The van der Waals surface area contributed by atoms with Crippen LogP contribution in [0.4, 0.5) is 0 Å². The van der Waals surface area contributed by atoms with Crippen LogP contribution in [0.15, 0.2) is 18.2 Å². The molecule has 3 nitrogen and oxygen atoms in total. The number of nitrogens with zero attached hydrogens (tertiary/aromatic N) is 1. The van der Waals surface area contributed by atoms with Gasteiger partial charge in [0.15, 0.2) is 0 Å². The SMILES string of the molecule is CCCNCC1CCCCN1Cc1cc(C)ccc1OC. The van der Waals surface area contributed by atoms with Gasteiger partial charge in [0.1, 0.15) is 5.75 Å². The number of aryl methyl sites for hydroxylation is 1. The molecule has 1 aromatic rings.